The number of nitrogens with zero attached hydrogens (tertiary/aromatic N) is 1. The molecule has 0 bridgehead atoms. The lowest BCUT2D eigenvalue weighted by Gasteiger charge is -2.31. The number of anilines is 1. The standard InChI is InChI=1S/C20H23ClN2O/c1-15-7-8-18(21)13-19(15)22-20(24)17-9-11-23(12-10-17)14-16-5-3-2-4-6-16/h2-8,13,17H,9-12,14H2,1H3,(H,22,24). The predicted octanol–water partition coefficient (Wildman–Crippen LogP) is 4.50. The Morgan fingerprint density at radius 2 is 1.88 bits per heavy atom. The summed E-state index contributed by atoms with van der Waals surface area (Å²) < 4.78 is 0. The van der Waals surface area contributed by atoms with E-state index in [0.29, 0.717) is 5.02 Å². The van der Waals surface area contributed by atoms with Crippen LogP contribution in [0.2, 0.25) is 5.02 Å². The third-order valence-electron chi connectivity index (χ3n) is 4.66. The van der Waals surface area contributed by atoms with Crippen molar-refractivity contribution in [3.63, 3.8) is 0 Å². The Balaban J connectivity index is 1.52. The molecule has 1 saturated heterocycles. The topological polar surface area (TPSA) is 32.3 Å². The molecule has 1 N–H and O–H groups in total. The first-order valence-electron chi connectivity index (χ1n) is 8.45. The molecule has 2 aromatic rings. The number of halogens is 1. The Morgan fingerprint density at radius 1 is 1.17 bits per heavy atom. The highest BCUT2D eigenvalue weighted by atomic mass is 35.5. The number of nitrogens with one attached hydrogen (secondary N) is 1. The number of rotatable bonds is 4. The van der Waals surface area contributed by atoms with Crippen molar-refractivity contribution >= 4 is 23.2 Å². The highest BCUT2D eigenvalue weighted by Crippen LogP contribution is 2.24. The van der Waals surface area contributed by atoms with E-state index in [2.05, 4.69) is 34.5 Å². The van der Waals surface area contributed by atoms with Gasteiger partial charge >= 0.3 is 0 Å². The van der Waals surface area contributed by atoms with Gasteiger partial charge in [0.1, 0.15) is 0 Å². The zero-order valence-electron chi connectivity index (χ0n) is 14.0. The smallest absolute Gasteiger partial charge is 0.227 e. The summed E-state index contributed by atoms with van der Waals surface area (Å²) in [7, 11) is 0. The SMILES string of the molecule is Cc1ccc(Cl)cc1NC(=O)C1CCN(Cc2ccccc2)CC1. The third-order valence-corrected chi connectivity index (χ3v) is 4.90. The van der Waals surface area contributed by atoms with Crippen LogP contribution in [-0.4, -0.2) is 23.9 Å². The fourth-order valence-electron chi connectivity index (χ4n) is 3.16. The van der Waals surface area contributed by atoms with E-state index >= 15 is 0 Å². The summed E-state index contributed by atoms with van der Waals surface area (Å²) in [5.74, 6) is 0.190. The van der Waals surface area contributed by atoms with Gasteiger partial charge in [0.15, 0.2) is 0 Å². The molecule has 0 aliphatic carbocycles. The maximum absolute atomic E-state index is 12.5. The first-order chi connectivity index (χ1) is 11.6. The van der Waals surface area contributed by atoms with Crippen LogP contribution in [0.1, 0.15) is 24.0 Å². The van der Waals surface area contributed by atoms with Crippen molar-refractivity contribution in [2.45, 2.75) is 26.3 Å². The summed E-state index contributed by atoms with van der Waals surface area (Å²) in [5.41, 5.74) is 3.18. The third kappa shape index (κ3) is 4.37. The van der Waals surface area contributed by atoms with E-state index in [1.807, 2.05) is 31.2 Å². The summed E-state index contributed by atoms with van der Waals surface area (Å²) in [6.45, 7) is 4.86. The number of carbonyl (C=O) groups is 1. The highest BCUT2D eigenvalue weighted by molar-refractivity contribution is 6.31. The molecule has 1 amide bonds. The highest BCUT2D eigenvalue weighted by Gasteiger charge is 2.25. The minimum absolute atomic E-state index is 0.0791. The minimum Gasteiger partial charge on any atom is -0.326 e. The summed E-state index contributed by atoms with van der Waals surface area (Å²) in [6.07, 6.45) is 1.80. The van der Waals surface area contributed by atoms with Gasteiger partial charge in [-0.25, -0.2) is 0 Å². The molecule has 3 rings (SSSR count). The largest absolute Gasteiger partial charge is 0.326 e. The van der Waals surface area contributed by atoms with Gasteiger partial charge in [-0.2, -0.15) is 0 Å². The van der Waals surface area contributed by atoms with Gasteiger partial charge in [-0.15, -0.1) is 0 Å². The summed E-state index contributed by atoms with van der Waals surface area (Å²) >= 11 is 6.02. The Labute approximate surface area is 148 Å². The van der Waals surface area contributed by atoms with Crippen LogP contribution in [0.5, 0.6) is 0 Å². The normalized spacial score (nSPS) is 16.1. The van der Waals surface area contributed by atoms with E-state index in [-0.39, 0.29) is 11.8 Å². The van der Waals surface area contributed by atoms with Crippen LogP contribution in [0, 0.1) is 12.8 Å². The van der Waals surface area contributed by atoms with E-state index in [4.69, 9.17) is 11.6 Å². The van der Waals surface area contributed by atoms with Gasteiger partial charge in [0, 0.05) is 23.2 Å². The van der Waals surface area contributed by atoms with E-state index in [0.717, 1.165) is 43.7 Å². The van der Waals surface area contributed by atoms with Gasteiger partial charge in [0.05, 0.1) is 0 Å². The first-order valence-corrected chi connectivity index (χ1v) is 8.83. The predicted molar refractivity (Wildman–Crippen MR) is 99.3 cm³/mol. The number of hydrogen-bond donors (Lipinski definition) is 1. The zero-order valence-corrected chi connectivity index (χ0v) is 14.7. The maximum atomic E-state index is 12.5. The van der Waals surface area contributed by atoms with Gasteiger partial charge < -0.3 is 5.32 Å². The van der Waals surface area contributed by atoms with E-state index in [1.165, 1.54) is 5.56 Å². The zero-order chi connectivity index (χ0) is 16.9. The van der Waals surface area contributed by atoms with Crippen LogP contribution in [0.15, 0.2) is 48.5 Å². The van der Waals surface area contributed by atoms with Crippen molar-refractivity contribution in [2.24, 2.45) is 5.92 Å². The molecule has 1 fully saturated rings. The van der Waals surface area contributed by atoms with Crippen LogP contribution < -0.4 is 5.32 Å². The van der Waals surface area contributed by atoms with Crippen molar-refractivity contribution in [1.82, 2.24) is 4.90 Å². The molecule has 0 aromatic heterocycles. The number of carbonyl (C=O) groups excluding carboxylic acids is 1. The Morgan fingerprint density at radius 3 is 2.58 bits per heavy atom. The summed E-state index contributed by atoms with van der Waals surface area (Å²) in [4.78, 5) is 14.9. The molecular formula is C20H23ClN2O. The summed E-state index contributed by atoms with van der Waals surface area (Å²) in [5, 5.41) is 3.69. The van der Waals surface area contributed by atoms with Crippen LogP contribution in [0.3, 0.4) is 0 Å². The minimum atomic E-state index is 0.0791. The average molecular weight is 343 g/mol. The first kappa shape index (κ1) is 17.0. The van der Waals surface area contributed by atoms with Gasteiger partial charge in [-0.1, -0.05) is 48.0 Å². The molecule has 1 aliphatic heterocycles. The molecule has 0 unspecified atom stereocenters. The van der Waals surface area contributed by atoms with E-state index < -0.39 is 0 Å². The Bertz CT molecular complexity index is 694. The maximum Gasteiger partial charge on any atom is 0.227 e. The number of likely N-dealkylation sites (tertiary alicyclic amines) is 1. The van der Waals surface area contributed by atoms with Gasteiger partial charge in [0.2, 0.25) is 5.91 Å². The molecule has 3 nitrogen and oxygen atoms in total. The molecule has 1 aliphatic rings. The van der Waals surface area contributed by atoms with Crippen molar-refractivity contribution in [2.75, 3.05) is 18.4 Å². The van der Waals surface area contributed by atoms with Crippen LogP contribution in [0.4, 0.5) is 5.69 Å². The molecule has 1 heterocycles. The lowest BCUT2D eigenvalue weighted by atomic mass is 9.95. The second-order valence-electron chi connectivity index (χ2n) is 6.48. The Hall–Kier alpha value is -1.84. The lowest BCUT2D eigenvalue weighted by molar-refractivity contribution is -0.121. The summed E-state index contributed by atoms with van der Waals surface area (Å²) in [6, 6.07) is 16.1. The van der Waals surface area contributed by atoms with Crippen molar-refractivity contribution in [3.05, 3.63) is 64.7 Å². The second kappa shape index (κ2) is 7.82. The van der Waals surface area contributed by atoms with Crippen LogP contribution >= 0.6 is 11.6 Å². The molecular weight excluding hydrogens is 320 g/mol. The number of hydrogen-bond acceptors (Lipinski definition) is 2. The molecule has 0 radical (unpaired) electrons. The van der Waals surface area contributed by atoms with E-state index in [9.17, 15) is 4.79 Å². The van der Waals surface area contributed by atoms with Crippen molar-refractivity contribution in [1.29, 1.82) is 0 Å². The number of amides is 1. The molecule has 24 heavy (non-hydrogen) atoms. The van der Waals surface area contributed by atoms with Crippen molar-refractivity contribution in [3.8, 4) is 0 Å². The van der Waals surface area contributed by atoms with Gasteiger partial charge in [-0.3, -0.25) is 9.69 Å². The van der Waals surface area contributed by atoms with Crippen LogP contribution in [-0.2, 0) is 11.3 Å². The number of piperidine rings is 1. The molecule has 126 valence electrons. The van der Waals surface area contributed by atoms with Crippen LogP contribution in [0.25, 0.3) is 0 Å². The molecule has 2 aromatic carbocycles. The fraction of sp³-hybridized carbons (Fsp3) is 0.350. The molecule has 0 atom stereocenters. The Kier molecular flexibility index (Phi) is 5.54. The molecule has 0 spiro atoms. The monoisotopic (exact) mass is 342 g/mol. The number of benzene rings is 2. The van der Waals surface area contributed by atoms with Gasteiger partial charge in [0.25, 0.3) is 0 Å². The molecule has 0 saturated carbocycles. The number of aryl methyl sites for hydroxylation is 1. The second-order valence-corrected chi connectivity index (χ2v) is 6.92. The van der Waals surface area contributed by atoms with Gasteiger partial charge in [-0.05, 0) is 56.1 Å². The quantitative estimate of drug-likeness (QED) is 0.887. The fourth-order valence-corrected chi connectivity index (χ4v) is 3.33. The van der Waals surface area contributed by atoms with Crippen molar-refractivity contribution < 1.29 is 4.79 Å². The van der Waals surface area contributed by atoms with E-state index in [1.54, 1.807) is 0 Å². The average Bonchev–Trinajstić information content (AvgIpc) is 2.60. The molecule has 4 heteroatoms. The lowest BCUT2D eigenvalue weighted by Crippen LogP contribution is -2.37.